The molecule has 0 radical (unpaired) electrons. The van der Waals surface area contributed by atoms with E-state index in [1.54, 1.807) is 12.1 Å². The zero-order valence-corrected chi connectivity index (χ0v) is 18.4. The van der Waals surface area contributed by atoms with Gasteiger partial charge in [0.15, 0.2) is 11.5 Å². The van der Waals surface area contributed by atoms with Crippen LogP contribution in [0.3, 0.4) is 0 Å². The topological polar surface area (TPSA) is 30.5 Å². The van der Waals surface area contributed by atoms with Gasteiger partial charge in [0.2, 0.25) is 0 Å². The lowest BCUT2D eigenvalue weighted by atomic mass is 9.95. The van der Waals surface area contributed by atoms with Crippen molar-refractivity contribution in [3.63, 3.8) is 0 Å². The first-order valence-corrected chi connectivity index (χ1v) is 11.0. The van der Waals surface area contributed by atoms with Gasteiger partial charge in [-0.25, -0.2) is 4.39 Å². The second-order valence-corrected chi connectivity index (χ2v) is 8.30. The van der Waals surface area contributed by atoms with Crippen molar-refractivity contribution in [1.29, 1.82) is 0 Å². The Kier molecular flexibility index (Phi) is 8.00. The lowest BCUT2D eigenvalue weighted by molar-refractivity contribution is 0.264. The average Bonchev–Trinajstić information content (AvgIpc) is 2.68. The Morgan fingerprint density at radius 2 is 1.96 bits per heavy atom. The number of ether oxygens (including phenoxy) is 2. The molecular formula is C22H26BrClFNO2. The van der Waals surface area contributed by atoms with E-state index < -0.39 is 0 Å². The lowest BCUT2D eigenvalue weighted by Crippen LogP contribution is -2.30. The summed E-state index contributed by atoms with van der Waals surface area (Å²) in [6, 6.07) is 9.21. The fraction of sp³-hybridized carbons (Fsp3) is 0.455. The quantitative estimate of drug-likeness (QED) is 0.469. The molecule has 1 N–H and O–H groups in total. The van der Waals surface area contributed by atoms with Crippen LogP contribution in [0, 0.1) is 5.82 Å². The number of hydrogen-bond donors (Lipinski definition) is 1. The minimum Gasteiger partial charge on any atom is -0.490 e. The van der Waals surface area contributed by atoms with E-state index in [4.69, 9.17) is 21.1 Å². The SMILES string of the molecule is CCOc1cc(CNC2CCCCC2)cc(Br)c1OCc1c(F)cccc1Cl. The number of benzene rings is 2. The molecule has 2 aromatic rings. The molecule has 28 heavy (non-hydrogen) atoms. The van der Waals surface area contributed by atoms with Gasteiger partial charge in [-0.15, -0.1) is 0 Å². The van der Waals surface area contributed by atoms with Crippen LogP contribution in [0.2, 0.25) is 5.02 Å². The Morgan fingerprint density at radius 3 is 2.68 bits per heavy atom. The molecule has 3 nitrogen and oxygen atoms in total. The van der Waals surface area contributed by atoms with Crippen molar-refractivity contribution in [1.82, 2.24) is 5.32 Å². The summed E-state index contributed by atoms with van der Waals surface area (Å²) in [6.07, 6.45) is 6.43. The van der Waals surface area contributed by atoms with E-state index >= 15 is 0 Å². The second-order valence-electron chi connectivity index (χ2n) is 7.04. The molecule has 0 saturated heterocycles. The van der Waals surface area contributed by atoms with Crippen LogP contribution in [-0.2, 0) is 13.2 Å². The summed E-state index contributed by atoms with van der Waals surface area (Å²) in [6.45, 7) is 3.26. The molecule has 3 rings (SSSR count). The molecule has 0 bridgehead atoms. The van der Waals surface area contributed by atoms with Crippen LogP contribution >= 0.6 is 27.5 Å². The normalized spacial score (nSPS) is 14.9. The molecule has 0 aromatic heterocycles. The zero-order chi connectivity index (χ0) is 19.9. The molecule has 1 fully saturated rings. The van der Waals surface area contributed by atoms with Gasteiger partial charge < -0.3 is 14.8 Å². The maximum atomic E-state index is 14.0. The van der Waals surface area contributed by atoms with Gasteiger partial charge in [0.1, 0.15) is 12.4 Å². The maximum absolute atomic E-state index is 14.0. The Balaban J connectivity index is 1.73. The Bertz CT molecular complexity index is 776. The molecular weight excluding hydrogens is 445 g/mol. The van der Waals surface area contributed by atoms with Crippen LogP contribution in [0.5, 0.6) is 11.5 Å². The minimum absolute atomic E-state index is 0.0316. The third kappa shape index (κ3) is 5.62. The summed E-state index contributed by atoms with van der Waals surface area (Å²) >= 11 is 9.69. The lowest BCUT2D eigenvalue weighted by Gasteiger charge is -2.23. The van der Waals surface area contributed by atoms with E-state index in [1.807, 2.05) is 19.1 Å². The molecule has 0 atom stereocenters. The first kappa shape index (κ1) is 21.4. The van der Waals surface area contributed by atoms with Gasteiger partial charge in [0.05, 0.1) is 16.1 Å². The van der Waals surface area contributed by atoms with Crippen LogP contribution in [0.15, 0.2) is 34.8 Å². The average molecular weight is 471 g/mol. The molecule has 0 heterocycles. The fourth-order valence-electron chi connectivity index (χ4n) is 3.51. The molecule has 1 saturated carbocycles. The van der Waals surface area contributed by atoms with Gasteiger partial charge >= 0.3 is 0 Å². The van der Waals surface area contributed by atoms with Crippen LogP contribution in [0.1, 0.15) is 50.2 Å². The number of nitrogens with one attached hydrogen (secondary N) is 1. The second kappa shape index (κ2) is 10.5. The van der Waals surface area contributed by atoms with E-state index in [9.17, 15) is 4.39 Å². The summed E-state index contributed by atoms with van der Waals surface area (Å²) in [5.74, 6) is 0.822. The Hall–Kier alpha value is -1.30. The highest BCUT2D eigenvalue weighted by Crippen LogP contribution is 2.38. The molecule has 0 spiro atoms. The van der Waals surface area contributed by atoms with Gasteiger partial charge in [-0.05, 0) is 65.5 Å². The van der Waals surface area contributed by atoms with Crippen LogP contribution < -0.4 is 14.8 Å². The van der Waals surface area contributed by atoms with E-state index in [-0.39, 0.29) is 12.4 Å². The molecule has 1 aliphatic carbocycles. The predicted octanol–water partition coefficient (Wildman–Crippen LogP) is 6.64. The highest BCUT2D eigenvalue weighted by atomic mass is 79.9. The van der Waals surface area contributed by atoms with Gasteiger partial charge in [0, 0.05) is 18.2 Å². The number of rotatable bonds is 8. The fourth-order valence-corrected chi connectivity index (χ4v) is 4.33. The number of hydrogen-bond acceptors (Lipinski definition) is 3. The maximum Gasteiger partial charge on any atom is 0.175 e. The molecule has 0 aliphatic heterocycles. The molecule has 152 valence electrons. The summed E-state index contributed by atoms with van der Waals surface area (Å²) in [5, 5.41) is 3.99. The van der Waals surface area contributed by atoms with Gasteiger partial charge in [0.25, 0.3) is 0 Å². The standard InChI is InChI=1S/C22H26BrClFNO2/c1-2-27-21-12-15(13-26-16-7-4-3-5-8-16)11-18(23)22(21)28-14-17-19(24)9-6-10-20(17)25/h6,9-12,16,26H,2-5,7-8,13-14H2,1H3. The Morgan fingerprint density at radius 1 is 1.18 bits per heavy atom. The summed E-state index contributed by atoms with van der Waals surface area (Å²) < 4.78 is 26.5. The van der Waals surface area contributed by atoms with E-state index in [1.165, 1.54) is 38.2 Å². The van der Waals surface area contributed by atoms with Crippen LogP contribution in [0.25, 0.3) is 0 Å². The monoisotopic (exact) mass is 469 g/mol. The molecule has 0 amide bonds. The molecule has 1 aliphatic rings. The summed E-state index contributed by atoms with van der Waals surface area (Å²) in [7, 11) is 0. The third-order valence-electron chi connectivity index (χ3n) is 4.99. The van der Waals surface area contributed by atoms with Crippen molar-refractivity contribution < 1.29 is 13.9 Å². The first-order chi connectivity index (χ1) is 13.6. The third-order valence-corrected chi connectivity index (χ3v) is 5.93. The van der Waals surface area contributed by atoms with Gasteiger partial charge in [-0.3, -0.25) is 0 Å². The van der Waals surface area contributed by atoms with Crippen molar-refractivity contribution in [2.24, 2.45) is 0 Å². The zero-order valence-electron chi connectivity index (χ0n) is 16.1. The van der Waals surface area contributed by atoms with E-state index in [2.05, 4.69) is 21.2 Å². The molecule has 6 heteroatoms. The van der Waals surface area contributed by atoms with Crippen LogP contribution in [-0.4, -0.2) is 12.6 Å². The molecule has 0 unspecified atom stereocenters. The van der Waals surface area contributed by atoms with Gasteiger partial charge in [-0.1, -0.05) is 36.9 Å². The van der Waals surface area contributed by atoms with Crippen molar-refractivity contribution >= 4 is 27.5 Å². The van der Waals surface area contributed by atoms with Gasteiger partial charge in [-0.2, -0.15) is 0 Å². The highest BCUT2D eigenvalue weighted by Gasteiger charge is 2.17. The minimum atomic E-state index is -0.380. The molecule has 2 aromatic carbocycles. The van der Waals surface area contributed by atoms with Crippen LogP contribution in [0.4, 0.5) is 4.39 Å². The van der Waals surface area contributed by atoms with E-state index in [0.717, 1.165) is 16.6 Å². The highest BCUT2D eigenvalue weighted by molar-refractivity contribution is 9.10. The summed E-state index contributed by atoms with van der Waals surface area (Å²) in [4.78, 5) is 0. The number of halogens is 3. The van der Waals surface area contributed by atoms with E-state index in [0.29, 0.717) is 34.7 Å². The Labute approximate surface area is 179 Å². The smallest absolute Gasteiger partial charge is 0.175 e. The largest absolute Gasteiger partial charge is 0.490 e. The van der Waals surface area contributed by atoms with Crippen molar-refractivity contribution in [2.45, 2.75) is 58.2 Å². The summed E-state index contributed by atoms with van der Waals surface area (Å²) in [5.41, 5.74) is 1.46. The van der Waals surface area contributed by atoms with Crippen molar-refractivity contribution in [3.05, 3.63) is 56.8 Å². The first-order valence-electron chi connectivity index (χ1n) is 9.82. The van der Waals surface area contributed by atoms with Crippen molar-refractivity contribution in [2.75, 3.05) is 6.61 Å². The van der Waals surface area contributed by atoms with Crippen molar-refractivity contribution in [3.8, 4) is 11.5 Å². The predicted molar refractivity (Wildman–Crippen MR) is 115 cm³/mol.